The Morgan fingerprint density at radius 1 is 0.767 bits per heavy atom. The van der Waals surface area contributed by atoms with Crippen LogP contribution in [0.3, 0.4) is 0 Å². The van der Waals surface area contributed by atoms with E-state index in [9.17, 15) is 4.79 Å². The summed E-state index contributed by atoms with van der Waals surface area (Å²) < 4.78 is 1.67. The molecule has 0 aliphatic heterocycles. The van der Waals surface area contributed by atoms with E-state index in [4.69, 9.17) is 16.7 Å². The molecule has 5 aromatic rings. The molecule has 5 rings (SSSR count). The number of benzene rings is 3. The molecule has 0 aliphatic carbocycles. The smallest absolute Gasteiger partial charge is 0.204 e. The van der Waals surface area contributed by atoms with Crippen molar-refractivity contribution in [2.75, 3.05) is 0 Å². The summed E-state index contributed by atoms with van der Waals surface area (Å²) in [6, 6.07) is 29.0. The van der Waals surface area contributed by atoms with Crippen molar-refractivity contribution in [2.45, 2.75) is 0 Å². The zero-order valence-corrected chi connectivity index (χ0v) is 16.8. The molecule has 1 heterocycles. The number of rotatable bonds is 3. The van der Waals surface area contributed by atoms with E-state index < -0.39 is 0 Å². The van der Waals surface area contributed by atoms with Crippen LogP contribution in [0.4, 0.5) is 0 Å². The van der Waals surface area contributed by atoms with Gasteiger partial charge in [-0.15, -0.1) is 0 Å². The Balaban J connectivity index is 1.67. The van der Waals surface area contributed by atoms with Gasteiger partial charge in [0.2, 0.25) is 5.43 Å². The Hall–Kier alpha value is -3.69. The minimum Gasteiger partial charge on any atom is -0.288 e. The average Bonchev–Trinajstić information content (AvgIpc) is 3.02. The molecule has 0 radical (unpaired) electrons. The lowest BCUT2D eigenvalue weighted by molar-refractivity contribution is 0.902. The van der Waals surface area contributed by atoms with Crippen LogP contribution in [0.25, 0.3) is 39.5 Å². The van der Waals surface area contributed by atoms with Crippen LogP contribution >= 0.6 is 11.6 Å². The molecule has 0 spiro atoms. The van der Waals surface area contributed by atoms with Crippen LogP contribution in [0.5, 0.6) is 0 Å². The summed E-state index contributed by atoms with van der Waals surface area (Å²) in [5.74, 6) is 0. The monoisotopic (exact) mass is 408 g/mol. The Labute approximate surface area is 178 Å². The molecule has 0 N–H and O–H groups in total. The van der Waals surface area contributed by atoms with Crippen LogP contribution in [-0.2, 0) is 0 Å². The molecule has 0 unspecified atom stereocenters. The number of hydrogen-bond acceptors (Lipinski definition) is 2. The van der Waals surface area contributed by atoms with Crippen LogP contribution in [0.15, 0.2) is 95.8 Å². The summed E-state index contributed by atoms with van der Waals surface area (Å²) in [4.78, 5) is 12.8. The van der Waals surface area contributed by atoms with Gasteiger partial charge in [0.25, 0.3) is 0 Å². The van der Waals surface area contributed by atoms with Gasteiger partial charge in [0, 0.05) is 10.4 Å². The van der Waals surface area contributed by atoms with Crippen molar-refractivity contribution in [2.24, 2.45) is 0 Å². The van der Waals surface area contributed by atoms with Crippen molar-refractivity contribution >= 4 is 45.4 Å². The molecule has 0 atom stereocenters. The predicted molar refractivity (Wildman–Crippen MR) is 125 cm³/mol. The second kappa shape index (κ2) is 7.62. The first-order chi connectivity index (χ1) is 14.7. The van der Waals surface area contributed by atoms with Gasteiger partial charge in [-0.3, -0.25) is 4.79 Å². The van der Waals surface area contributed by atoms with Gasteiger partial charge < -0.3 is 0 Å². The van der Waals surface area contributed by atoms with Gasteiger partial charge in [0.1, 0.15) is 5.52 Å². The van der Waals surface area contributed by atoms with Gasteiger partial charge in [0.15, 0.2) is 0 Å². The van der Waals surface area contributed by atoms with E-state index in [0.29, 0.717) is 10.5 Å². The van der Waals surface area contributed by atoms with Crippen molar-refractivity contribution < 1.29 is 0 Å². The Kier molecular flexibility index (Phi) is 4.66. The van der Waals surface area contributed by atoms with Crippen molar-refractivity contribution in [3.63, 3.8) is 0 Å². The number of nitrogens with zero attached hydrogens (tertiary/aromatic N) is 2. The topological polar surface area (TPSA) is 34.9 Å². The summed E-state index contributed by atoms with van der Waals surface area (Å²) in [5, 5.41) is 8.51. The fraction of sp³-hybridized carbons (Fsp3) is 0. The maximum absolute atomic E-state index is 12.8. The van der Waals surface area contributed by atoms with E-state index in [1.165, 1.54) is 10.8 Å². The summed E-state index contributed by atoms with van der Waals surface area (Å²) in [6.07, 6.45) is 3.97. The molecule has 0 aliphatic rings. The molecule has 4 heteroatoms. The fourth-order valence-corrected chi connectivity index (χ4v) is 3.81. The SMILES string of the molecule is O=c1ccccc2c(/C=C/c3ccc4ccccc4c3)nn(-c3cccc(Cl)c3)c12. The van der Waals surface area contributed by atoms with Gasteiger partial charge in [-0.05, 0) is 52.7 Å². The van der Waals surface area contributed by atoms with Crippen LogP contribution in [-0.4, -0.2) is 9.78 Å². The van der Waals surface area contributed by atoms with Crippen molar-refractivity contribution in [3.8, 4) is 5.69 Å². The third-order valence-electron chi connectivity index (χ3n) is 5.07. The van der Waals surface area contributed by atoms with Gasteiger partial charge in [-0.25, -0.2) is 4.68 Å². The van der Waals surface area contributed by atoms with Gasteiger partial charge in [-0.2, -0.15) is 5.10 Å². The molecule has 0 fully saturated rings. The summed E-state index contributed by atoms with van der Waals surface area (Å²) in [6.45, 7) is 0. The molecule has 144 valence electrons. The molecule has 0 amide bonds. The maximum atomic E-state index is 12.8. The van der Waals surface area contributed by atoms with E-state index in [-0.39, 0.29) is 5.43 Å². The standard InChI is InChI=1S/C26H17ClN2O/c27-21-8-5-9-22(17-21)29-26-23(10-3-4-11-25(26)30)24(28-29)15-13-18-12-14-19-6-1-2-7-20(19)16-18/h1-17H/b15-13+. The third kappa shape index (κ3) is 3.40. The van der Waals surface area contributed by atoms with Gasteiger partial charge >= 0.3 is 0 Å². The first kappa shape index (κ1) is 18.3. The lowest BCUT2D eigenvalue weighted by Crippen LogP contribution is -2.04. The normalized spacial score (nSPS) is 11.5. The van der Waals surface area contributed by atoms with Crippen molar-refractivity contribution in [1.82, 2.24) is 9.78 Å². The number of hydrogen-bond donors (Lipinski definition) is 0. The second-order valence-electron chi connectivity index (χ2n) is 7.06. The fourth-order valence-electron chi connectivity index (χ4n) is 3.63. The highest BCUT2D eigenvalue weighted by molar-refractivity contribution is 6.30. The van der Waals surface area contributed by atoms with Gasteiger partial charge in [-0.1, -0.05) is 78.3 Å². The van der Waals surface area contributed by atoms with E-state index in [0.717, 1.165) is 22.3 Å². The third-order valence-corrected chi connectivity index (χ3v) is 5.30. The van der Waals surface area contributed by atoms with Crippen molar-refractivity contribution in [1.29, 1.82) is 0 Å². The largest absolute Gasteiger partial charge is 0.288 e. The molecular weight excluding hydrogens is 392 g/mol. The second-order valence-corrected chi connectivity index (χ2v) is 7.50. The lowest BCUT2D eigenvalue weighted by atomic mass is 10.1. The quantitative estimate of drug-likeness (QED) is 0.348. The zero-order valence-electron chi connectivity index (χ0n) is 16.0. The highest BCUT2D eigenvalue weighted by Crippen LogP contribution is 2.23. The minimum absolute atomic E-state index is 0.0900. The molecule has 0 bridgehead atoms. The maximum Gasteiger partial charge on any atom is 0.204 e. The van der Waals surface area contributed by atoms with Crippen LogP contribution in [0.2, 0.25) is 5.02 Å². The Morgan fingerprint density at radius 2 is 1.57 bits per heavy atom. The Morgan fingerprint density at radius 3 is 2.43 bits per heavy atom. The molecule has 0 saturated carbocycles. The molecular formula is C26H17ClN2O. The number of fused-ring (bicyclic) bond motifs is 2. The Bertz CT molecular complexity index is 1480. The van der Waals surface area contributed by atoms with E-state index >= 15 is 0 Å². The molecule has 4 aromatic carbocycles. The number of halogens is 1. The van der Waals surface area contributed by atoms with E-state index in [1.807, 2.05) is 48.6 Å². The summed E-state index contributed by atoms with van der Waals surface area (Å²) in [7, 11) is 0. The molecule has 1 aromatic heterocycles. The molecule has 0 saturated heterocycles. The van der Waals surface area contributed by atoms with Crippen molar-refractivity contribution in [3.05, 3.63) is 117 Å². The van der Waals surface area contributed by atoms with E-state index in [2.05, 4.69) is 30.3 Å². The van der Waals surface area contributed by atoms with Crippen LogP contribution in [0.1, 0.15) is 11.3 Å². The highest BCUT2D eigenvalue weighted by Gasteiger charge is 2.12. The summed E-state index contributed by atoms with van der Waals surface area (Å²) >= 11 is 6.17. The first-order valence-corrected chi connectivity index (χ1v) is 10.0. The first-order valence-electron chi connectivity index (χ1n) is 9.64. The van der Waals surface area contributed by atoms with Crippen LogP contribution in [0, 0.1) is 0 Å². The minimum atomic E-state index is -0.0900. The lowest BCUT2D eigenvalue weighted by Gasteiger charge is -2.02. The molecule has 30 heavy (non-hydrogen) atoms. The zero-order chi connectivity index (χ0) is 20.5. The average molecular weight is 409 g/mol. The predicted octanol–water partition coefficient (Wildman–Crippen LogP) is 6.36. The highest BCUT2D eigenvalue weighted by atomic mass is 35.5. The van der Waals surface area contributed by atoms with E-state index in [1.54, 1.807) is 28.9 Å². The van der Waals surface area contributed by atoms with Crippen LogP contribution < -0.4 is 5.43 Å². The number of aromatic nitrogens is 2. The summed E-state index contributed by atoms with van der Waals surface area (Å²) in [5.41, 5.74) is 2.99. The molecule has 3 nitrogen and oxygen atoms in total. The van der Waals surface area contributed by atoms with Gasteiger partial charge in [0.05, 0.1) is 11.4 Å².